The average molecular weight is 279 g/mol. The molecule has 0 amide bonds. The van der Waals surface area contributed by atoms with Crippen LogP contribution in [0.15, 0.2) is 0 Å². The van der Waals surface area contributed by atoms with E-state index in [2.05, 4.69) is 9.24 Å². The fourth-order valence-corrected chi connectivity index (χ4v) is 1.20. The molecule has 0 saturated carbocycles. The Balaban J connectivity index is 3.80. The monoisotopic (exact) mass is 279 g/mol. The van der Waals surface area contributed by atoms with E-state index in [9.17, 15) is 0 Å². The number of halogens is 1. The molecule has 0 heterocycles. The maximum atomic E-state index is 8.65. The molecule has 0 spiro atoms. The van der Waals surface area contributed by atoms with Crippen molar-refractivity contribution in [2.45, 2.75) is 12.3 Å². The molecule has 2 unspecified atom stereocenters. The van der Waals surface area contributed by atoms with Gasteiger partial charge in [-0.25, -0.2) is 3.11 Å². The fourth-order valence-electron chi connectivity index (χ4n) is 0.463. The first-order chi connectivity index (χ1) is 4.63. The summed E-state index contributed by atoms with van der Waals surface area (Å²) in [6.07, 6.45) is -0.897. The Morgan fingerprint density at radius 2 is 2.00 bits per heavy atom. The van der Waals surface area contributed by atoms with Crippen molar-refractivity contribution in [3.63, 3.8) is 0 Å². The van der Waals surface area contributed by atoms with Crippen LogP contribution in [0, 0.1) is 0 Å². The maximum Gasteiger partial charge on any atom is 0.170 e. The van der Waals surface area contributed by atoms with Gasteiger partial charge < -0.3 is 15.3 Å². The molecule has 4 nitrogen and oxygen atoms in total. The van der Waals surface area contributed by atoms with Crippen molar-refractivity contribution < 1.29 is 15.3 Å². The highest BCUT2D eigenvalue weighted by Crippen LogP contribution is 2.10. The molecule has 0 aliphatic carbocycles. The molecule has 0 rings (SSSR count). The minimum Gasteiger partial charge on any atom is -0.395 e. The lowest BCUT2D eigenvalue weighted by Crippen LogP contribution is -2.40. The number of hydrogen-bond acceptors (Lipinski definition) is 4. The second-order valence-electron chi connectivity index (χ2n) is 1.75. The highest BCUT2D eigenvalue weighted by molar-refractivity contribution is 14.1. The van der Waals surface area contributed by atoms with E-state index in [1.807, 2.05) is 22.9 Å². The van der Waals surface area contributed by atoms with E-state index >= 15 is 0 Å². The van der Waals surface area contributed by atoms with Gasteiger partial charge in [0.25, 0.3) is 0 Å². The predicted octanol–water partition coefficient (Wildman–Crippen LogP) is -0.857. The van der Waals surface area contributed by atoms with Gasteiger partial charge >= 0.3 is 0 Å². The number of aliphatic hydroxyl groups is 3. The molecule has 0 fully saturated rings. The third-order valence-corrected chi connectivity index (χ3v) is 3.31. The lowest BCUT2D eigenvalue weighted by molar-refractivity contribution is -0.0892. The lowest BCUT2D eigenvalue weighted by Gasteiger charge is -2.23. The summed E-state index contributed by atoms with van der Waals surface area (Å²) in [4.78, 5) is 0. The summed E-state index contributed by atoms with van der Waals surface area (Å²) in [5, 5.41) is 25.9. The number of nitrogens with zero attached hydrogens (tertiary/aromatic N) is 1. The Labute approximate surface area is 75.9 Å². The quantitative estimate of drug-likeness (QED) is 0.271. The van der Waals surface area contributed by atoms with Gasteiger partial charge in [0.2, 0.25) is 0 Å². The number of rotatable bonds is 4. The molecule has 0 saturated heterocycles. The Morgan fingerprint density at radius 3 is 2.10 bits per heavy atom. The van der Waals surface area contributed by atoms with Crippen LogP contribution in [0.4, 0.5) is 0 Å². The van der Waals surface area contributed by atoms with Crippen molar-refractivity contribution in [1.29, 1.82) is 0 Å². The third-order valence-electron chi connectivity index (χ3n) is 1.07. The molecule has 0 aliphatic rings. The molecule has 0 bridgehead atoms. The average Bonchev–Trinajstić information content (AvgIpc) is 1.88. The molecular weight excluding hydrogens is 268 g/mol. The predicted molar refractivity (Wildman–Crippen MR) is 49.5 cm³/mol. The zero-order valence-corrected chi connectivity index (χ0v) is 8.63. The van der Waals surface area contributed by atoms with E-state index in [0.717, 1.165) is 0 Å². The van der Waals surface area contributed by atoms with Gasteiger partial charge in [0, 0.05) is 29.2 Å². The van der Waals surface area contributed by atoms with E-state index in [1.54, 1.807) is 3.11 Å². The van der Waals surface area contributed by atoms with Crippen LogP contribution >= 0.6 is 32.1 Å². The maximum absolute atomic E-state index is 8.65. The van der Waals surface area contributed by atoms with E-state index < -0.39 is 12.3 Å². The van der Waals surface area contributed by atoms with Gasteiger partial charge in [-0.2, -0.15) is 0 Å². The highest BCUT2D eigenvalue weighted by atomic mass is 127. The topological polar surface area (TPSA) is 63.9 Å². The van der Waals surface area contributed by atoms with Crippen LogP contribution in [-0.4, -0.2) is 43.7 Å². The minimum absolute atomic E-state index is 0.255. The third kappa shape index (κ3) is 3.41. The first-order valence-corrected chi connectivity index (χ1v) is 4.51. The van der Waals surface area contributed by atoms with Gasteiger partial charge in [-0.15, -0.1) is 9.24 Å². The van der Waals surface area contributed by atoms with Crippen LogP contribution in [0.5, 0.6) is 0 Å². The van der Waals surface area contributed by atoms with Gasteiger partial charge in [0.15, 0.2) is 6.29 Å². The number of hydrogen-bond donors (Lipinski definition) is 3. The molecule has 6 heteroatoms. The second-order valence-corrected chi connectivity index (χ2v) is 3.35. The second kappa shape index (κ2) is 5.62. The first-order valence-electron chi connectivity index (χ1n) is 2.73. The Bertz CT molecular complexity index is 94.6. The van der Waals surface area contributed by atoms with Crippen LogP contribution in [0.1, 0.15) is 0 Å². The zero-order chi connectivity index (χ0) is 8.15. The smallest absolute Gasteiger partial charge is 0.170 e. The van der Waals surface area contributed by atoms with Gasteiger partial charge in [-0.05, 0) is 0 Å². The normalized spacial score (nSPS) is 14.7. The van der Waals surface area contributed by atoms with E-state index in [0.29, 0.717) is 6.29 Å². The number of aliphatic hydroxyl groups excluding tert-OH is 2. The van der Waals surface area contributed by atoms with Gasteiger partial charge in [-0.3, -0.25) is 0 Å². The fraction of sp³-hybridized carbons (Fsp3) is 1.00. The van der Waals surface area contributed by atoms with Gasteiger partial charge in [0.05, 0.1) is 12.6 Å². The van der Waals surface area contributed by atoms with Crippen molar-refractivity contribution in [1.82, 2.24) is 3.11 Å². The van der Waals surface area contributed by atoms with Crippen molar-refractivity contribution in [2.75, 3.05) is 12.9 Å². The molecule has 0 aliphatic heterocycles. The molecule has 0 aromatic heterocycles. The lowest BCUT2D eigenvalue weighted by atomic mass is 10.3. The standard InChI is InChI=1S/C4H11INO3P/c5-6(2-10)3(1-7)4(8)9/h3-4,7-9H,1-2,10H2. The summed E-state index contributed by atoms with van der Waals surface area (Å²) in [7, 11) is 2.42. The van der Waals surface area contributed by atoms with Crippen LogP contribution < -0.4 is 0 Å². The molecule has 62 valence electrons. The van der Waals surface area contributed by atoms with E-state index in [4.69, 9.17) is 15.3 Å². The summed E-state index contributed by atoms with van der Waals surface area (Å²) in [6, 6.07) is -0.599. The molecule has 0 aromatic rings. The largest absolute Gasteiger partial charge is 0.395 e. The summed E-state index contributed by atoms with van der Waals surface area (Å²) < 4.78 is 1.60. The zero-order valence-electron chi connectivity index (χ0n) is 5.31. The highest BCUT2D eigenvalue weighted by Gasteiger charge is 2.20. The van der Waals surface area contributed by atoms with Crippen molar-refractivity contribution in [3.8, 4) is 0 Å². The molecule has 3 N–H and O–H groups in total. The van der Waals surface area contributed by atoms with Gasteiger partial charge in [-0.1, -0.05) is 0 Å². The summed E-state index contributed by atoms with van der Waals surface area (Å²) in [5.41, 5.74) is 0. The summed E-state index contributed by atoms with van der Waals surface area (Å²) in [5.74, 6) is 0. The SMILES string of the molecule is OCC(C(O)O)N(I)CP. The summed E-state index contributed by atoms with van der Waals surface area (Å²) in [6.45, 7) is -0.255. The Morgan fingerprint density at radius 1 is 1.50 bits per heavy atom. The molecule has 10 heavy (non-hydrogen) atoms. The molecule has 2 atom stereocenters. The Hall–Kier alpha value is 1.00. The molecule has 0 aromatic carbocycles. The molecular formula is C4H11INO3P. The van der Waals surface area contributed by atoms with Crippen LogP contribution in [0.3, 0.4) is 0 Å². The first kappa shape index (κ1) is 11.0. The van der Waals surface area contributed by atoms with Crippen LogP contribution in [0.2, 0.25) is 0 Å². The van der Waals surface area contributed by atoms with Crippen LogP contribution in [0.25, 0.3) is 0 Å². The van der Waals surface area contributed by atoms with E-state index in [-0.39, 0.29) is 6.61 Å². The van der Waals surface area contributed by atoms with Crippen LogP contribution in [-0.2, 0) is 0 Å². The van der Waals surface area contributed by atoms with E-state index in [1.165, 1.54) is 0 Å². The van der Waals surface area contributed by atoms with Crippen molar-refractivity contribution >= 4 is 32.1 Å². The van der Waals surface area contributed by atoms with Gasteiger partial charge in [0.1, 0.15) is 0 Å². The minimum atomic E-state index is -1.48. The Kier molecular flexibility index (Phi) is 6.19. The van der Waals surface area contributed by atoms with Crippen molar-refractivity contribution in [3.05, 3.63) is 0 Å². The molecule has 0 radical (unpaired) electrons. The summed E-state index contributed by atoms with van der Waals surface area (Å²) >= 11 is 1.92. The van der Waals surface area contributed by atoms with Crippen molar-refractivity contribution in [2.24, 2.45) is 0 Å².